The number of fused-ring (bicyclic) bond motifs is 1. The number of nitrogens with zero attached hydrogens (tertiary/aromatic N) is 4. The Morgan fingerprint density at radius 2 is 2.19 bits per heavy atom. The minimum Gasteiger partial charge on any atom is -0.356 e. The van der Waals surface area contributed by atoms with E-state index in [4.69, 9.17) is 0 Å². The third kappa shape index (κ3) is 3.25. The molecule has 0 radical (unpaired) electrons. The summed E-state index contributed by atoms with van der Waals surface area (Å²) in [5.41, 5.74) is 2.00. The first-order valence-corrected chi connectivity index (χ1v) is 6.84. The number of aromatic amines is 1. The number of hydrogen-bond acceptors (Lipinski definition) is 4. The quantitative estimate of drug-likeness (QED) is 0.704. The number of hydrogen-bond donors (Lipinski definition) is 2. The predicted molar refractivity (Wildman–Crippen MR) is 77.4 cm³/mol. The van der Waals surface area contributed by atoms with Gasteiger partial charge in [0.2, 0.25) is 5.91 Å². The minimum absolute atomic E-state index is 0.0206. The van der Waals surface area contributed by atoms with E-state index in [1.54, 1.807) is 6.33 Å². The fourth-order valence-electron chi connectivity index (χ4n) is 2.17. The maximum atomic E-state index is 11.8. The van der Waals surface area contributed by atoms with E-state index in [1.165, 1.54) is 6.33 Å². The fraction of sp³-hybridized carbons (Fsp3) is 0.286. The van der Waals surface area contributed by atoms with Crippen molar-refractivity contribution in [3.63, 3.8) is 0 Å². The second-order valence-corrected chi connectivity index (χ2v) is 4.71. The zero-order chi connectivity index (χ0) is 14.5. The Bertz CT molecular complexity index is 718. The molecule has 0 unspecified atom stereocenters. The number of carbonyl (C=O) groups excluding carboxylic acids is 1. The zero-order valence-corrected chi connectivity index (χ0v) is 11.5. The molecule has 21 heavy (non-hydrogen) atoms. The van der Waals surface area contributed by atoms with E-state index in [9.17, 15) is 4.79 Å². The molecule has 7 heteroatoms. The second kappa shape index (κ2) is 6.17. The molecule has 0 spiro atoms. The van der Waals surface area contributed by atoms with E-state index in [0.717, 1.165) is 16.9 Å². The van der Waals surface area contributed by atoms with Crippen molar-refractivity contribution < 1.29 is 4.79 Å². The van der Waals surface area contributed by atoms with Crippen LogP contribution in [0.1, 0.15) is 12.2 Å². The highest BCUT2D eigenvalue weighted by atomic mass is 16.1. The first-order chi connectivity index (χ1) is 10.3. The average Bonchev–Trinajstić information content (AvgIpc) is 3.14. The normalized spacial score (nSPS) is 10.9. The molecule has 0 aliphatic heterocycles. The topological polar surface area (TPSA) is 88.5 Å². The molecule has 0 saturated heterocycles. The molecule has 0 bridgehead atoms. The number of aromatic nitrogens is 5. The Labute approximate surface area is 121 Å². The summed E-state index contributed by atoms with van der Waals surface area (Å²) in [7, 11) is 0. The third-order valence-electron chi connectivity index (χ3n) is 3.26. The number of rotatable bonds is 6. The number of imidazole rings is 1. The summed E-state index contributed by atoms with van der Waals surface area (Å²) in [6.45, 7) is 1.17. The molecule has 0 saturated carbocycles. The monoisotopic (exact) mass is 284 g/mol. The molecular weight excluding hydrogens is 268 g/mol. The third-order valence-corrected chi connectivity index (χ3v) is 3.26. The smallest absolute Gasteiger partial charge is 0.221 e. The Balaban J connectivity index is 1.47. The molecule has 2 aromatic heterocycles. The van der Waals surface area contributed by atoms with E-state index in [2.05, 4.69) is 25.5 Å². The van der Waals surface area contributed by atoms with Crippen LogP contribution in [0.3, 0.4) is 0 Å². The van der Waals surface area contributed by atoms with Crippen LogP contribution in [0.4, 0.5) is 0 Å². The van der Waals surface area contributed by atoms with Crippen LogP contribution in [-0.4, -0.2) is 37.2 Å². The Morgan fingerprint density at radius 1 is 1.29 bits per heavy atom. The minimum atomic E-state index is 0.0206. The van der Waals surface area contributed by atoms with Crippen LogP contribution in [0.2, 0.25) is 0 Å². The molecule has 1 aromatic carbocycles. The molecule has 2 N–H and O–H groups in total. The van der Waals surface area contributed by atoms with Crippen molar-refractivity contribution in [2.75, 3.05) is 6.54 Å². The standard InChI is InChI=1S/C14H16N6O/c21-14(15-7-5-13-16-9-18-19-13)6-8-20-10-17-11-3-1-2-4-12(11)20/h1-4,9-10H,5-8H2,(H,15,21)(H,16,18,19). The van der Waals surface area contributed by atoms with Gasteiger partial charge in [-0.3, -0.25) is 9.89 Å². The molecule has 0 aliphatic rings. The van der Waals surface area contributed by atoms with E-state index in [-0.39, 0.29) is 5.91 Å². The van der Waals surface area contributed by atoms with Crippen molar-refractivity contribution in [1.82, 2.24) is 30.0 Å². The van der Waals surface area contributed by atoms with Crippen molar-refractivity contribution in [3.8, 4) is 0 Å². The number of para-hydroxylation sites is 2. The Hall–Kier alpha value is -2.70. The van der Waals surface area contributed by atoms with E-state index in [0.29, 0.717) is 25.9 Å². The highest BCUT2D eigenvalue weighted by molar-refractivity contribution is 5.77. The molecule has 108 valence electrons. The summed E-state index contributed by atoms with van der Waals surface area (Å²) < 4.78 is 1.99. The summed E-state index contributed by atoms with van der Waals surface area (Å²) in [6, 6.07) is 7.89. The SMILES string of the molecule is O=C(CCn1cnc2ccccc21)NCCc1ncn[nH]1. The van der Waals surface area contributed by atoms with Crippen LogP contribution in [-0.2, 0) is 17.8 Å². The summed E-state index contributed by atoms with van der Waals surface area (Å²) in [5, 5.41) is 9.39. The van der Waals surface area contributed by atoms with Crippen LogP contribution in [0.15, 0.2) is 36.9 Å². The van der Waals surface area contributed by atoms with Gasteiger partial charge < -0.3 is 9.88 Å². The van der Waals surface area contributed by atoms with Gasteiger partial charge in [-0.2, -0.15) is 5.10 Å². The largest absolute Gasteiger partial charge is 0.356 e. The molecule has 3 aromatic rings. The number of aryl methyl sites for hydroxylation is 1. The summed E-state index contributed by atoms with van der Waals surface area (Å²) in [6.07, 6.45) is 4.31. The lowest BCUT2D eigenvalue weighted by atomic mass is 10.3. The number of carbonyl (C=O) groups is 1. The predicted octanol–water partition coefficient (Wildman–Crippen LogP) is 0.903. The molecule has 0 aliphatic carbocycles. The first kappa shape index (κ1) is 13.3. The van der Waals surface area contributed by atoms with Crippen molar-refractivity contribution in [2.24, 2.45) is 0 Å². The molecule has 3 rings (SSSR count). The highest BCUT2D eigenvalue weighted by Crippen LogP contribution is 2.11. The van der Waals surface area contributed by atoms with Crippen LogP contribution in [0, 0.1) is 0 Å². The van der Waals surface area contributed by atoms with Gasteiger partial charge in [0.15, 0.2) is 0 Å². The van der Waals surface area contributed by atoms with Crippen molar-refractivity contribution in [3.05, 3.63) is 42.7 Å². The van der Waals surface area contributed by atoms with Crippen LogP contribution in [0.25, 0.3) is 11.0 Å². The lowest BCUT2D eigenvalue weighted by Crippen LogP contribution is -2.26. The van der Waals surface area contributed by atoms with Gasteiger partial charge in [0.1, 0.15) is 12.2 Å². The lowest BCUT2D eigenvalue weighted by Gasteiger charge is -2.05. The maximum absolute atomic E-state index is 11.8. The van der Waals surface area contributed by atoms with Crippen LogP contribution in [0.5, 0.6) is 0 Å². The summed E-state index contributed by atoms with van der Waals surface area (Å²) in [4.78, 5) is 20.1. The second-order valence-electron chi connectivity index (χ2n) is 4.71. The van der Waals surface area contributed by atoms with Crippen molar-refractivity contribution >= 4 is 16.9 Å². The van der Waals surface area contributed by atoms with Gasteiger partial charge in [-0.15, -0.1) is 0 Å². The zero-order valence-electron chi connectivity index (χ0n) is 11.5. The van der Waals surface area contributed by atoms with Gasteiger partial charge >= 0.3 is 0 Å². The number of H-pyrrole nitrogens is 1. The molecule has 2 heterocycles. The van der Waals surface area contributed by atoms with Crippen molar-refractivity contribution in [2.45, 2.75) is 19.4 Å². The van der Waals surface area contributed by atoms with Gasteiger partial charge in [-0.05, 0) is 12.1 Å². The van der Waals surface area contributed by atoms with Gasteiger partial charge in [-0.25, -0.2) is 9.97 Å². The number of amides is 1. The summed E-state index contributed by atoms with van der Waals surface area (Å²) >= 11 is 0. The van der Waals surface area contributed by atoms with Crippen molar-refractivity contribution in [1.29, 1.82) is 0 Å². The molecular formula is C14H16N6O. The Morgan fingerprint density at radius 3 is 3.05 bits per heavy atom. The molecule has 0 fully saturated rings. The van der Waals surface area contributed by atoms with Crippen LogP contribution >= 0.6 is 0 Å². The fourth-order valence-corrected chi connectivity index (χ4v) is 2.17. The van der Waals surface area contributed by atoms with E-state index in [1.807, 2.05) is 28.8 Å². The lowest BCUT2D eigenvalue weighted by molar-refractivity contribution is -0.121. The average molecular weight is 284 g/mol. The maximum Gasteiger partial charge on any atom is 0.221 e. The van der Waals surface area contributed by atoms with Gasteiger partial charge in [0.25, 0.3) is 0 Å². The Kier molecular flexibility index (Phi) is 3.90. The van der Waals surface area contributed by atoms with E-state index >= 15 is 0 Å². The molecule has 0 atom stereocenters. The highest BCUT2D eigenvalue weighted by Gasteiger charge is 2.05. The van der Waals surface area contributed by atoms with Crippen LogP contribution < -0.4 is 5.32 Å². The molecule has 7 nitrogen and oxygen atoms in total. The van der Waals surface area contributed by atoms with E-state index < -0.39 is 0 Å². The number of nitrogens with one attached hydrogen (secondary N) is 2. The first-order valence-electron chi connectivity index (χ1n) is 6.84. The number of benzene rings is 1. The van der Waals surface area contributed by atoms with Gasteiger partial charge in [-0.1, -0.05) is 12.1 Å². The molecule has 1 amide bonds. The summed E-state index contributed by atoms with van der Waals surface area (Å²) in [5.74, 6) is 0.795. The van der Waals surface area contributed by atoms with Gasteiger partial charge in [0, 0.05) is 25.9 Å². The van der Waals surface area contributed by atoms with Gasteiger partial charge in [0.05, 0.1) is 17.4 Å².